The zero-order valence-corrected chi connectivity index (χ0v) is 18.0. The summed E-state index contributed by atoms with van der Waals surface area (Å²) in [5.74, 6) is 2.40. The van der Waals surface area contributed by atoms with Gasteiger partial charge in [-0.3, -0.25) is 4.99 Å². The van der Waals surface area contributed by atoms with Crippen LogP contribution in [-0.2, 0) is 0 Å². The van der Waals surface area contributed by atoms with E-state index in [1.165, 1.54) is 38.9 Å². The van der Waals surface area contributed by atoms with Crippen molar-refractivity contribution in [3.05, 3.63) is 18.2 Å². The van der Waals surface area contributed by atoms with Crippen LogP contribution in [0.4, 0.5) is 5.69 Å². The number of unbranched alkanes of at least 4 members (excludes halogenated alkanes) is 1. The van der Waals surface area contributed by atoms with Crippen molar-refractivity contribution in [2.24, 2.45) is 4.99 Å². The van der Waals surface area contributed by atoms with Crippen LogP contribution in [0.25, 0.3) is 0 Å². The first-order chi connectivity index (χ1) is 12.3. The van der Waals surface area contributed by atoms with Gasteiger partial charge in [0.1, 0.15) is 0 Å². The van der Waals surface area contributed by atoms with Crippen LogP contribution in [0.5, 0.6) is 11.5 Å². The Hall–Kier alpha value is -1.22. The van der Waals surface area contributed by atoms with Crippen LogP contribution < -0.4 is 20.1 Å². The van der Waals surface area contributed by atoms with Gasteiger partial charge in [-0.2, -0.15) is 0 Å². The number of hydrogen-bond donors (Lipinski definition) is 2. The van der Waals surface area contributed by atoms with E-state index in [1.54, 1.807) is 7.05 Å². The fourth-order valence-corrected chi connectivity index (χ4v) is 3.23. The lowest BCUT2D eigenvalue weighted by Crippen LogP contribution is -2.32. The number of likely N-dealkylation sites (tertiary alicyclic amines) is 1. The molecule has 0 spiro atoms. The van der Waals surface area contributed by atoms with E-state index in [-0.39, 0.29) is 24.0 Å². The van der Waals surface area contributed by atoms with Crippen LogP contribution in [-0.4, -0.2) is 57.3 Å². The molecule has 0 amide bonds. The number of fused-ring (bicyclic) bond motifs is 1. The number of aliphatic imine (C=N–C) groups is 1. The molecule has 3 rings (SSSR count). The second-order valence-electron chi connectivity index (χ2n) is 6.59. The van der Waals surface area contributed by atoms with Gasteiger partial charge in [0.2, 0.25) is 0 Å². The molecule has 1 saturated heterocycles. The van der Waals surface area contributed by atoms with Crippen molar-refractivity contribution in [3.8, 4) is 11.5 Å². The van der Waals surface area contributed by atoms with Crippen LogP contribution in [0.3, 0.4) is 0 Å². The molecule has 2 N–H and O–H groups in total. The third-order valence-electron chi connectivity index (χ3n) is 4.63. The van der Waals surface area contributed by atoms with Gasteiger partial charge in [-0.1, -0.05) is 0 Å². The Balaban J connectivity index is 0.00000243. The first-order valence-electron chi connectivity index (χ1n) is 9.45. The molecule has 2 heterocycles. The predicted molar refractivity (Wildman–Crippen MR) is 117 cm³/mol. The van der Waals surface area contributed by atoms with Gasteiger partial charge in [-0.15, -0.1) is 24.0 Å². The van der Waals surface area contributed by atoms with E-state index in [9.17, 15) is 0 Å². The Morgan fingerprint density at radius 2 is 1.85 bits per heavy atom. The van der Waals surface area contributed by atoms with Crippen molar-refractivity contribution in [2.75, 3.05) is 51.8 Å². The van der Waals surface area contributed by atoms with Crippen molar-refractivity contribution >= 4 is 35.6 Å². The summed E-state index contributed by atoms with van der Waals surface area (Å²) in [5.41, 5.74) is 0.953. The molecule has 2 aliphatic rings. The molecule has 0 aromatic heterocycles. The first-order valence-corrected chi connectivity index (χ1v) is 9.45. The average Bonchev–Trinajstić information content (AvgIpc) is 3.04. The molecular weight excluding hydrogens is 443 g/mol. The Morgan fingerprint density at radius 3 is 2.62 bits per heavy atom. The highest BCUT2D eigenvalue weighted by molar-refractivity contribution is 14.0. The number of guanidine groups is 1. The van der Waals surface area contributed by atoms with Crippen molar-refractivity contribution in [3.63, 3.8) is 0 Å². The maximum Gasteiger partial charge on any atom is 0.195 e. The van der Waals surface area contributed by atoms with Crippen molar-refractivity contribution in [2.45, 2.75) is 32.1 Å². The maximum atomic E-state index is 5.74. The van der Waals surface area contributed by atoms with Crippen LogP contribution in [0.15, 0.2) is 23.2 Å². The lowest BCUT2D eigenvalue weighted by atomic mass is 10.2. The van der Waals surface area contributed by atoms with Gasteiger partial charge in [-0.25, -0.2) is 0 Å². The van der Waals surface area contributed by atoms with E-state index in [0.29, 0.717) is 13.2 Å². The van der Waals surface area contributed by atoms with E-state index < -0.39 is 0 Å². The van der Waals surface area contributed by atoms with E-state index in [0.717, 1.165) is 42.5 Å². The Bertz CT molecular complexity index is 577. The maximum absolute atomic E-state index is 5.74. The summed E-state index contributed by atoms with van der Waals surface area (Å²) in [6.45, 7) is 6.11. The zero-order chi connectivity index (χ0) is 17.3. The number of nitrogens with zero attached hydrogens (tertiary/aromatic N) is 2. The van der Waals surface area contributed by atoms with Gasteiger partial charge in [-0.05, 0) is 57.5 Å². The van der Waals surface area contributed by atoms with Crippen molar-refractivity contribution in [1.82, 2.24) is 10.2 Å². The Morgan fingerprint density at radius 1 is 1.08 bits per heavy atom. The molecule has 0 saturated carbocycles. The summed E-state index contributed by atoms with van der Waals surface area (Å²) in [7, 11) is 1.79. The number of hydrogen-bond acceptors (Lipinski definition) is 4. The minimum absolute atomic E-state index is 0. The van der Waals surface area contributed by atoms with Gasteiger partial charge in [0, 0.05) is 31.8 Å². The van der Waals surface area contributed by atoms with Crippen molar-refractivity contribution < 1.29 is 9.47 Å². The molecule has 0 aliphatic carbocycles. The molecule has 1 fully saturated rings. The van der Waals surface area contributed by atoms with Crippen LogP contribution >= 0.6 is 24.0 Å². The minimum Gasteiger partial charge on any atom is -0.490 e. The molecule has 1 aromatic carbocycles. The first kappa shape index (κ1) is 21.1. The van der Waals surface area contributed by atoms with E-state index in [1.807, 2.05) is 18.2 Å². The molecule has 6 nitrogen and oxygen atoms in total. The minimum atomic E-state index is 0. The number of halogens is 1. The Labute approximate surface area is 173 Å². The molecule has 2 aliphatic heterocycles. The molecule has 1 aromatic rings. The number of anilines is 1. The molecule has 0 bridgehead atoms. The Kier molecular flexibility index (Phi) is 9.31. The van der Waals surface area contributed by atoms with Gasteiger partial charge >= 0.3 is 0 Å². The topological polar surface area (TPSA) is 58.1 Å². The largest absolute Gasteiger partial charge is 0.490 e. The van der Waals surface area contributed by atoms with E-state index in [2.05, 4.69) is 20.5 Å². The third-order valence-corrected chi connectivity index (χ3v) is 4.63. The normalized spacial score (nSPS) is 17.3. The van der Waals surface area contributed by atoms with E-state index >= 15 is 0 Å². The van der Waals surface area contributed by atoms with Gasteiger partial charge < -0.3 is 25.0 Å². The SMILES string of the molecule is CN=C(NCCCCN1CCCC1)Nc1ccc2c(c1)OCCCO2.I. The fraction of sp³-hybridized carbons (Fsp3) is 0.632. The fourth-order valence-electron chi connectivity index (χ4n) is 3.23. The summed E-state index contributed by atoms with van der Waals surface area (Å²) < 4.78 is 11.4. The molecule has 0 unspecified atom stereocenters. The molecule has 26 heavy (non-hydrogen) atoms. The summed E-state index contributed by atoms with van der Waals surface area (Å²) in [4.78, 5) is 6.86. The smallest absolute Gasteiger partial charge is 0.195 e. The number of nitrogens with one attached hydrogen (secondary N) is 2. The van der Waals surface area contributed by atoms with Gasteiger partial charge in [0.25, 0.3) is 0 Å². The monoisotopic (exact) mass is 474 g/mol. The third kappa shape index (κ3) is 6.50. The molecule has 0 atom stereocenters. The number of ether oxygens (including phenoxy) is 2. The van der Waals surface area contributed by atoms with Crippen LogP contribution in [0, 0.1) is 0 Å². The van der Waals surface area contributed by atoms with Gasteiger partial charge in [0.15, 0.2) is 17.5 Å². The highest BCUT2D eigenvalue weighted by Gasteiger charge is 2.12. The molecule has 146 valence electrons. The number of benzene rings is 1. The quantitative estimate of drug-likeness (QED) is 0.287. The molecular formula is C19H31IN4O2. The predicted octanol–water partition coefficient (Wildman–Crippen LogP) is 3.33. The summed E-state index contributed by atoms with van der Waals surface area (Å²) in [6.07, 6.45) is 6.03. The zero-order valence-electron chi connectivity index (χ0n) is 15.6. The summed E-state index contributed by atoms with van der Waals surface area (Å²) >= 11 is 0. The standard InChI is InChI=1S/C19H30N4O2.HI/c1-20-19(21-9-2-3-10-23-11-4-5-12-23)22-16-7-8-17-18(15-16)25-14-6-13-24-17;/h7-8,15H,2-6,9-14H2,1H3,(H2,20,21,22);1H. The van der Waals surface area contributed by atoms with Crippen LogP contribution in [0.2, 0.25) is 0 Å². The molecule has 7 heteroatoms. The highest BCUT2D eigenvalue weighted by Crippen LogP contribution is 2.32. The average molecular weight is 474 g/mol. The lowest BCUT2D eigenvalue weighted by molar-refractivity contribution is 0.297. The lowest BCUT2D eigenvalue weighted by Gasteiger charge is -2.16. The summed E-state index contributed by atoms with van der Waals surface area (Å²) in [5, 5.41) is 6.71. The van der Waals surface area contributed by atoms with Gasteiger partial charge in [0.05, 0.1) is 13.2 Å². The highest BCUT2D eigenvalue weighted by atomic mass is 127. The molecule has 0 radical (unpaired) electrons. The van der Waals surface area contributed by atoms with E-state index in [4.69, 9.17) is 9.47 Å². The second kappa shape index (κ2) is 11.5. The van der Waals surface area contributed by atoms with Crippen LogP contribution in [0.1, 0.15) is 32.1 Å². The summed E-state index contributed by atoms with van der Waals surface area (Å²) in [6, 6.07) is 5.92. The second-order valence-corrected chi connectivity index (χ2v) is 6.59. The van der Waals surface area contributed by atoms with Crippen molar-refractivity contribution in [1.29, 1.82) is 0 Å². The number of rotatable bonds is 6.